The highest BCUT2D eigenvalue weighted by Crippen LogP contribution is 2.41. The van der Waals surface area contributed by atoms with Crippen LogP contribution in [-0.4, -0.2) is 49.1 Å². The molecule has 0 aromatic heterocycles. The Balaban J connectivity index is 1.82. The maximum atomic E-state index is 13.0. The number of carbonyl (C=O) groups excluding carboxylic acids is 2. The van der Waals surface area contributed by atoms with Gasteiger partial charge in [-0.3, -0.25) is 9.59 Å². The Kier molecular flexibility index (Phi) is 5.59. The maximum Gasteiger partial charge on any atom is 0.295 e. The third kappa shape index (κ3) is 3.71. The summed E-state index contributed by atoms with van der Waals surface area (Å²) in [6.45, 7) is 2.59. The first kappa shape index (κ1) is 20.8. The van der Waals surface area contributed by atoms with E-state index in [1.165, 1.54) is 0 Å². The molecule has 2 aliphatic heterocycles. The smallest absolute Gasteiger partial charge is 0.295 e. The molecule has 1 atom stereocenters. The van der Waals surface area contributed by atoms with E-state index in [1.54, 1.807) is 23.1 Å². The number of likely N-dealkylation sites (tertiary alicyclic amines) is 1. The van der Waals surface area contributed by atoms with Crippen molar-refractivity contribution >= 4 is 23.1 Å². The zero-order valence-corrected chi connectivity index (χ0v) is 17.9. The molecule has 0 radical (unpaired) electrons. The van der Waals surface area contributed by atoms with E-state index in [0.717, 1.165) is 24.1 Å². The van der Waals surface area contributed by atoms with Crippen LogP contribution in [0.25, 0.3) is 5.76 Å². The van der Waals surface area contributed by atoms with Crippen molar-refractivity contribution in [3.63, 3.8) is 0 Å². The van der Waals surface area contributed by atoms with Crippen LogP contribution in [0.5, 0.6) is 11.5 Å². The van der Waals surface area contributed by atoms with Gasteiger partial charge in [-0.2, -0.15) is 0 Å². The van der Waals surface area contributed by atoms with E-state index >= 15 is 0 Å². The first-order chi connectivity index (χ1) is 14.9. The Morgan fingerprint density at radius 2 is 1.81 bits per heavy atom. The van der Waals surface area contributed by atoms with Crippen molar-refractivity contribution in [1.29, 1.82) is 0 Å². The van der Waals surface area contributed by atoms with Crippen molar-refractivity contribution in [2.24, 2.45) is 0 Å². The zero-order chi connectivity index (χ0) is 22.1. The number of rotatable bonds is 6. The molecule has 1 amide bonds. The van der Waals surface area contributed by atoms with E-state index in [2.05, 4.69) is 0 Å². The molecule has 31 heavy (non-hydrogen) atoms. The molecule has 2 aromatic carbocycles. The minimum Gasteiger partial charge on any atom is -0.507 e. The van der Waals surface area contributed by atoms with Crippen LogP contribution in [0.1, 0.15) is 36.9 Å². The molecule has 0 aliphatic carbocycles. The lowest BCUT2D eigenvalue weighted by atomic mass is 9.95. The SMILES string of the molecule is CCCCN1C(=O)C(=O)/C(=C(\O)c2ccc3c(c2)OCO3)C1c1ccc(N(C)C)cc1. The van der Waals surface area contributed by atoms with Gasteiger partial charge in [0.25, 0.3) is 11.7 Å². The van der Waals surface area contributed by atoms with Gasteiger partial charge in [-0.15, -0.1) is 0 Å². The highest BCUT2D eigenvalue weighted by Gasteiger charge is 2.45. The van der Waals surface area contributed by atoms with E-state index in [4.69, 9.17) is 9.47 Å². The Morgan fingerprint density at radius 1 is 1.10 bits per heavy atom. The first-order valence-electron chi connectivity index (χ1n) is 10.4. The molecule has 2 aliphatic rings. The summed E-state index contributed by atoms with van der Waals surface area (Å²) >= 11 is 0. The molecule has 2 heterocycles. The summed E-state index contributed by atoms with van der Waals surface area (Å²) in [7, 11) is 3.89. The van der Waals surface area contributed by atoms with Crippen LogP contribution < -0.4 is 14.4 Å². The van der Waals surface area contributed by atoms with Crippen LogP contribution >= 0.6 is 0 Å². The fourth-order valence-electron chi connectivity index (χ4n) is 3.94. The van der Waals surface area contributed by atoms with E-state index < -0.39 is 17.7 Å². The van der Waals surface area contributed by atoms with E-state index in [9.17, 15) is 14.7 Å². The Bertz CT molecular complexity index is 1040. The predicted octanol–water partition coefficient (Wildman–Crippen LogP) is 3.70. The molecule has 2 aromatic rings. The highest BCUT2D eigenvalue weighted by atomic mass is 16.7. The van der Waals surface area contributed by atoms with Crippen molar-refractivity contribution in [3.8, 4) is 11.5 Å². The molecule has 1 unspecified atom stereocenters. The summed E-state index contributed by atoms with van der Waals surface area (Å²) in [5.74, 6) is -0.394. The normalized spacial score (nSPS) is 19.2. The number of hydrogen-bond donors (Lipinski definition) is 1. The number of amides is 1. The molecule has 0 bridgehead atoms. The minimum absolute atomic E-state index is 0.0950. The van der Waals surface area contributed by atoms with Gasteiger partial charge in [0.2, 0.25) is 6.79 Å². The number of hydrogen-bond acceptors (Lipinski definition) is 6. The van der Waals surface area contributed by atoms with Crippen LogP contribution in [0.2, 0.25) is 0 Å². The molecule has 1 saturated heterocycles. The van der Waals surface area contributed by atoms with E-state index in [0.29, 0.717) is 23.6 Å². The second-order valence-corrected chi connectivity index (χ2v) is 7.90. The number of ether oxygens (including phenoxy) is 2. The van der Waals surface area contributed by atoms with Crippen molar-refractivity contribution < 1.29 is 24.2 Å². The molecule has 0 spiro atoms. The lowest BCUT2D eigenvalue weighted by Gasteiger charge is -2.25. The van der Waals surface area contributed by atoms with Gasteiger partial charge in [0.05, 0.1) is 11.6 Å². The predicted molar refractivity (Wildman–Crippen MR) is 117 cm³/mol. The standard InChI is InChI=1S/C24H26N2O5/c1-4-5-12-26-21(15-6-9-17(10-7-15)25(2)3)20(23(28)24(26)29)22(27)16-8-11-18-19(13-16)31-14-30-18/h6-11,13,21,27H,4-5,12,14H2,1-3H3/b22-20-. The summed E-state index contributed by atoms with van der Waals surface area (Å²) in [5, 5.41) is 11.1. The Labute approximate surface area is 181 Å². The monoisotopic (exact) mass is 422 g/mol. The number of Topliss-reactive ketones (excluding diaryl/α,β-unsaturated/α-hetero) is 1. The van der Waals surface area contributed by atoms with Crippen molar-refractivity contribution in [2.45, 2.75) is 25.8 Å². The Morgan fingerprint density at radius 3 is 2.48 bits per heavy atom. The fourth-order valence-corrected chi connectivity index (χ4v) is 3.94. The summed E-state index contributed by atoms with van der Waals surface area (Å²) in [4.78, 5) is 29.4. The number of aliphatic hydroxyl groups excluding tert-OH is 1. The summed E-state index contributed by atoms with van der Waals surface area (Å²) in [6, 6.07) is 12.0. The average molecular weight is 422 g/mol. The molecular weight excluding hydrogens is 396 g/mol. The lowest BCUT2D eigenvalue weighted by Crippen LogP contribution is -2.30. The number of fused-ring (bicyclic) bond motifs is 1. The number of aliphatic hydroxyl groups is 1. The molecule has 0 saturated carbocycles. The van der Waals surface area contributed by atoms with Gasteiger partial charge in [-0.05, 0) is 42.3 Å². The highest BCUT2D eigenvalue weighted by molar-refractivity contribution is 6.46. The molecule has 1 N–H and O–H groups in total. The molecule has 4 rings (SSSR count). The van der Waals surface area contributed by atoms with Crippen molar-refractivity contribution in [3.05, 3.63) is 59.2 Å². The Hall–Kier alpha value is -3.48. The van der Waals surface area contributed by atoms with Crippen LogP contribution in [0, 0.1) is 0 Å². The van der Waals surface area contributed by atoms with Gasteiger partial charge in [0.1, 0.15) is 5.76 Å². The van der Waals surface area contributed by atoms with Crippen LogP contribution in [0.4, 0.5) is 5.69 Å². The third-order valence-corrected chi connectivity index (χ3v) is 5.66. The molecule has 162 valence electrons. The largest absolute Gasteiger partial charge is 0.507 e. The molecule has 1 fully saturated rings. The summed E-state index contributed by atoms with van der Waals surface area (Å²) in [5.41, 5.74) is 2.29. The van der Waals surface area contributed by atoms with Gasteiger partial charge in [-0.1, -0.05) is 25.5 Å². The molecular formula is C24H26N2O5. The summed E-state index contributed by atoms with van der Waals surface area (Å²) in [6.07, 6.45) is 1.65. The zero-order valence-electron chi connectivity index (χ0n) is 17.9. The van der Waals surface area contributed by atoms with Crippen molar-refractivity contribution in [1.82, 2.24) is 4.90 Å². The number of carbonyl (C=O) groups is 2. The quantitative estimate of drug-likeness (QED) is 0.434. The van der Waals surface area contributed by atoms with Gasteiger partial charge < -0.3 is 24.4 Å². The topological polar surface area (TPSA) is 79.3 Å². The average Bonchev–Trinajstić information content (AvgIpc) is 3.34. The number of anilines is 1. The van der Waals surface area contributed by atoms with E-state index in [-0.39, 0.29) is 18.1 Å². The minimum atomic E-state index is -0.673. The maximum absolute atomic E-state index is 13.0. The molecule has 7 nitrogen and oxygen atoms in total. The van der Waals surface area contributed by atoms with Gasteiger partial charge >= 0.3 is 0 Å². The van der Waals surface area contributed by atoms with Crippen LogP contribution in [-0.2, 0) is 9.59 Å². The summed E-state index contributed by atoms with van der Waals surface area (Å²) < 4.78 is 10.7. The molecule has 7 heteroatoms. The van der Waals surface area contributed by atoms with Crippen LogP contribution in [0.3, 0.4) is 0 Å². The number of ketones is 1. The number of benzene rings is 2. The first-order valence-corrected chi connectivity index (χ1v) is 10.4. The van der Waals surface area contributed by atoms with Gasteiger partial charge in [-0.25, -0.2) is 0 Å². The van der Waals surface area contributed by atoms with Gasteiger partial charge in [0.15, 0.2) is 11.5 Å². The van der Waals surface area contributed by atoms with Gasteiger partial charge in [0, 0.05) is 31.9 Å². The van der Waals surface area contributed by atoms with E-state index in [1.807, 2.05) is 50.2 Å². The fraction of sp³-hybridized carbons (Fsp3) is 0.333. The third-order valence-electron chi connectivity index (χ3n) is 5.66. The van der Waals surface area contributed by atoms with Crippen molar-refractivity contribution in [2.75, 3.05) is 32.3 Å². The second-order valence-electron chi connectivity index (χ2n) is 7.90. The second kappa shape index (κ2) is 8.34. The number of unbranched alkanes of at least 4 members (excludes halogenated alkanes) is 1. The lowest BCUT2D eigenvalue weighted by molar-refractivity contribution is -0.139. The van der Waals surface area contributed by atoms with Crippen LogP contribution in [0.15, 0.2) is 48.0 Å². The number of nitrogens with zero attached hydrogens (tertiary/aromatic N) is 2.